The number of likely N-dealkylation sites (tertiary alicyclic amines) is 1. The van der Waals surface area contributed by atoms with Crippen LogP contribution in [0.25, 0.3) is 0 Å². The molecule has 0 aliphatic carbocycles. The molecule has 5 rings (SSSR count). The lowest BCUT2D eigenvalue weighted by Crippen LogP contribution is -2.57. The van der Waals surface area contributed by atoms with Crippen molar-refractivity contribution in [2.75, 3.05) is 66.1 Å². The van der Waals surface area contributed by atoms with Crippen LogP contribution in [0.5, 0.6) is 0 Å². The van der Waals surface area contributed by atoms with Gasteiger partial charge in [0.2, 0.25) is 17.7 Å². The number of rotatable bonds is 17. The number of hydrogen-bond donors (Lipinski definition) is 1. The molecule has 12 nitrogen and oxygen atoms in total. The number of esters is 1. The van der Waals surface area contributed by atoms with Gasteiger partial charge in [0.1, 0.15) is 17.7 Å². The monoisotopic (exact) mass is 758 g/mol. The fourth-order valence-electron chi connectivity index (χ4n) is 7.99. The summed E-state index contributed by atoms with van der Waals surface area (Å²) in [6, 6.07) is 7.73. The van der Waals surface area contributed by atoms with E-state index in [0.717, 1.165) is 13.1 Å². The molecule has 1 aromatic rings. The molecular formula is C37H51BrN4O8. The molecule has 4 fully saturated rings. The topological polar surface area (TPSA) is 129 Å². The summed E-state index contributed by atoms with van der Waals surface area (Å²) in [5, 5.41) is 9.76. The fraction of sp³-hybridized carbons (Fsp3) is 0.622. The summed E-state index contributed by atoms with van der Waals surface area (Å²) in [5.74, 6) is -3.29. The van der Waals surface area contributed by atoms with Gasteiger partial charge < -0.3 is 34.0 Å². The van der Waals surface area contributed by atoms with Crippen molar-refractivity contribution in [2.24, 2.45) is 11.8 Å². The fourth-order valence-corrected chi connectivity index (χ4v) is 8.93. The second kappa shape index (κ2) is 16.9. The second-order valence-electron chi connectivity index (χ2n) is 13.6. The van der Waals surface area contributed by atoms with Gasteiger partial charge in [0.15, 0.2) is 0 Å². The van der Waals surface area contributed by atoms with Gasteiger partial charge in [-0.2, -0.15) is 0 Å². The summed E-state index contributed by atoms with van der Waals surface area (Å²) < 4.78 is 18.5. The van der Waals surface area contributed by atoms with E-state index in [0.29, 0.717) is 44.7 Å². The summed E-state index contributed by atoms with van der Waals surface area (Å²) >= 11 is 3.74. The zero-order chi connectivity index (χ0) is 36.0. The van der Waals surface area contributed by atoms with Gasteiger partial charge in [-0.25, -0.2) is 0 Å². The number of aliphatic hydroxyl groups is 1. The van der Waals surface area contributed by atoms with E-state index in [2.05, 4.69) is 34.0 Å². The quantitative estimate of drug-likeness (QED) is 0.145. The first kappa shape index (κ1) is 38.1. The number of alkyl halides is 1. The molecule has 274 valence electrons. The molecule has 4 heterocycles. The van der Waals surface area contributed by atoms with Crippen molar-refractivity contribution in [1.29, 1.82) is 0 Å². The molecule has 50 heavy (non-hydrogen) atoms. The third-order valence-electron chi connectivity index (χ3n) is 10.7. The van der Waals surface area contributed by atoms with E-state index in [4.69, 9.17) is 14.2 Å². The molecular weight excluding hydrogens is 708 g/mol. The molecule has 1 spiro atoms. The second-order valence-corrected chi connectivity index (χ2v) is 14.8. The molecule has 1 unspecified atom stereocenters. The number of carbonyl (C=O) groups is 4. The van der Waals surface area contributed by atoms with Crippen LogP contribution >= 0.6 is 15.9 Å². The number of ether oxygens (including phenoxy) is 3. The average molecular weight is 760 g/mol. The largest absolute Gasteiger partial charge is 0.455 e. The van der Waals surface area contributed by atoms with E-state index in [9.17, 15) is 24.3 Å². The maximum Gasteiger partial charge on any atom is 0.313 e. The minimum atomic E-state index is -1.27. The number of carbonyl (C=O) groups excluding carboxylic acids is 4. The van der Waals surface area contributed by atoms with Crippen molar-refractivity contribution < 1.29 is 38.5 Å². The Hall–Kier alpha value is -3.10. The third kappa shape index (κ3) is 7.57. The minimum Gasteiger partial charge on any atom is -0.455 e. The lowest BCUT2D eigenvalue weighted by atomic mass is 9.70. The predicted molar refractivity (Wildman–Crippen MR) is 190 cm³/mol. The summed E-state index contributed by atoms with van der Waals surface area (Å²) in [4.78, 5) is 63.3. The highest BCUT2D eigenvalue weighted by Gasteiger charge is 2.77. The van der Waals surface area contributed by atoms with E-state index < -0.39 is 47.7 Å². The summed E-state index contributed by atoms with van der Waals surface area (Å²) in [5.41, 5.74) is -0.558. The zero-order valence-electron chi connectivity index (χ0n) is 29.2. The average Bonchev–Trinajstić information content (AvgIpc) is 3.73. The maximum absolute atomic E-state index is 14.6. The Kier molecular flexibility index (Phi) is 12.9. The number of amides is 3. The first-order valence-corrected chi connectivity index (χ1v) is 18.6. The standard InChI is InChI=1S/C37H51BrN4O8/c1-5-7-14-28(44)39(4)25(3)31(26-12-9-8-10-13-26)49-36(47)29-30-34(45)42(16-11-21-43)33(37(30)24-27(38)32(29)50-37)35(46)41(15-6-2)18-17-40-19-22-48-23-20-40/h5-6,8-10,12-13,25,27,29-33,43H,1-2,7,11,14-24H2,3-4H3/t25-,27?,29-,30+,31+,32-,33-,37+/m1/s1. The Morgan fingerprint density at radius 2 is 1.88 bits per heavy atom. The number of fused-ring (bicyclic) bond motifs is 1. The summed E-state index contributed by atoms with van der Waals surface area (Å²) in [6.07, 6.45) is 3.25. The lowest BCUT2D eigenvalue weighted by molar-refractivity contribution is -0.164. The Labute approximate surface area is 303 Å². The van der Waals surface area contributed by atoms with Gasteiger partial charge >= 0.3 is 5.97 Å². The number of morpholine rings is 1. The highest BCUT2D eigenvalue weighted by atomic mass is 79.9. The van der Waals surface area contributed by atoms with Crippen molar-refractivity contribution in [2.45, 2.75) is 67.3 Å². The van der Waals surface area contributed by atoms with Gasteiger partial charge in [-0.15, -0.1) is 13.2 Å². The van der Waals surface area contributed by atoms with Gasteiger partial charge in [0, 0.05) is 64.2 Å². The van der Waals surface area contributed by atoms with Crippen molar-refractivity contribution in [1.82, 2.24) is 19.6 Å². The Bertz CT molecular complexity index is 1390. The number of allylic oxidation sites excluding steroid dienone is 1. The van der Waals surface area contributed by atoms with E-state index in [1.807, 2.05) is 37.3 Å². The van der Waals surface area contributed by atoms with Crippen molar-refractivity contribution in [3.8, 4) is 0 Å². The number of aliphatic hydroxyl groups excluding tert-OH is 1. The molecule has 1 N–H and O–H groups in total. The van der Waals surface area contributed by atoms with Crippen molar-refractivity contribution in [3.63, 3.8) is 0 Å². The molecule has 13 heteroatoms. The summed E-state index contributed by atoms with van der Waals surface area (Å²) in [6.45, 7) is 13.6. The Morgan fingerprint density at radius 1 is 1.16 bits per heavy atom. The smallest absolute Gasteiger partial charge is 0.313 e. The van der Waals surface area contributed by atoms with Gasteiger partial charge in [0.25, 0.3) is 0 Å². The normalized spacial score (nSPS) is 28.5. The van der Waals surface area contributed by atoms with E-state index in [1.54, 1.807) is 29.0 Å². The molecule has 0 aromatic heterocycles. The predicted octanol–water partition coefficient (Wildman–Crippen LogP) is 2.56. The number of halogens is 1. The third-order valence-corrected chi connectivity index (χ3v) is 11.5. The van der Waals surface area contributed by atoms with Crippen molar-refractivity contribution in [3.05, 3.63) is 61.2 Å². The van der Waals surface area contributed by atoms with Crippen LogP contribution in [0.1, 0.15) is 44.3 Å². The molecule has 2 bridgehead atoms. The van der Waals surface area contributed by atoms with Crippen LogP contribution in [0.15, 0.2) is 55.6 Å². The Balaban J connectivity index is 1.44. The molecule has 3 amide bonds. The molecule has 8 atom stereocenters. The maximum atomic E-state index is 14.6. The molecule has 4 aliphatic heterocycles. The van der Waals surface area contributed by atoms with E-state index in [1.165, 1.54) is 4.90 Å². The van der Waals surface area contributed by atoms with Crippen LogP contribution in [0.3, 0.4) is 0 Å². The van der Waals surface area contributed by atoms with Crippen LogP contribution in [0, 0.1) is 11.8 Å². The SMILES string of the molecule is C=CCCC(=O)N(C)[C@H](C)[C@H](OC(=O)[C@H]1[C@@H]2O[C@@]3(CC2Br)[C@@H]1C(=O)N(CCCO)[C@@H]3C(=O)N(CC=C)CCN1CCOCC1)c1ccccc1. The number of hydrogen-bond acceptors (Lipinski definition) is 9. The van der Waals surface area contributed by atoms with Crippen molar-refractivity contribution >= 4 is 39.6 Å². The molecule has 1 aromatic carbocycles. The minimum absolute atomic E-state index is 0.110. The van der Waals surface area contributed by atoms with E-state index in [-0.39, 0.29) is 55.1 Å². The molecule has 0 saturated carbocycles. The van der Waals surface area contributed by atoms with Crippen LogP contribution in [0.4, 0.5) is 0 Å². The van der Waals surface area contributed by atoms with Gasteiger partial charge in [0.05, 0.1) is 37.2 Å². The zero-order valence-corrected chi connectivity index (χ0v) is 30.7. The molecule has 4 aliphatic rings. The number of benzene rings is 1. The van der Waals surface area contributed by atoms with Crippen LogP contribution in [-0.2, 0) is 33.4 Å². The first-order chi connectivity index (χ1) is 24.1. The Morgan fingerprint density at radius 3 is 2.54 bits per heavy atom. The summed E-state index contributed by atoms with van der Waals surface area (Å²) in [7, 11) is 1.69. The lowest BCUT2D eigenvalue weighted by Gasteiger charge is -2.38. The van der Waals surface area contributed by atoms with Crippen LogP contribution in [-0.4, -0.2) is 143 Å². The van der Waals surface area contributed by atoms with Gasteiger partial charge in [-0.1, -0.05) is 58.4 Å². The number of likely N-dealkylation sites (N-methyl/N-ethyl adjacent to an activating group) is 1. The highest BCUT2D eigenvalue weighted by molar-refractivity contribution is 9.09. The van der Waals surface area contributed by atoms with Crippen LogP contribution in [0.2, 0.25) is 0 Å². The first-order valence-electron chi connectivity index (χ1n) is 17.6. The molecule has 0 radical (unpaired) electrons. The molecule has 4 saturated heterocycles. The van der Waals surface area contributed by atoms with Gasteiger partial charge in [-0.3, -0.25) is 24.1 Å². The number of nitrogens with zero attached hydrogens (tertiary/aromatic N) is 4. The van der Waals surface area contributed by atoms with Crippen LogP contribution < -0.4 is 0 Å². The highest BCUT2D eigenvalue weighted by Crippen LogP contribution is 2.60. The van der Waals surface area contributed by atoms with Gasteiger partial charge in [-0.05, 0) is 31.7 Å². The van der Waals surface area contributed by atoms with E-state index >= 15 is 0 Å².